The molecule has 0 saturated carbocycles. The fourth-order valence-electron chi connectivity index (χ4n) is 8.46. The van der Waals surface area contributed by atoms with Crippen molar-refractivity contribution in [3.05, 3.63) is 152 Å². The van der Waals surface area contributed by atoms with E-state index in [0.29, 0.717) is 94.1 Å². The number of urea groups is 2. The van der Waals surface area contributed by atoms with Crippen LogP contribution in [0.15, 0.2) is 120 Å². The van der Waals surface area contributed by atoms with E-state index in [4.69, 9.17) is 23.2 Å². The van der Waals surface area contributed by atoms with Crippen molar-refractivity contribution in [2.24, 2.45) is 0 Å². The number of nitrogens with one attached hydrogen (secondary N) is 2. The molecule has 4 aromatic rings. The van der Waals surface area contributed by atoms with Gasteiger partial charge in [0.25, 0.3) is 11.8 Å². The number of carbonyl (C=O) groups excluding carboxylic acids is 4. The Kier molecular flexibility index (Phi) is 11.9. The maximum Gasteiger partial charge on any atom is 0.327 e. The number of amides is 6. The zero-order chi connectivity index (χ0) is 42.8. The normalized spacial score (nSPS) is 18.6. The number of anilines is 2. The highest BCUT2D eigenvalue weighted by Gasteiger charge is 2.46. The van der Waals surface area contributed by atoms with Gasteiger partial charge >= 0.3 is 12.1 Å². The lowest BCUT2D eigenvalue weighted by molar-refractivity contribution is -0.126. The van der Waals surface area contributed by atoms with Gasteiger partial charge in [-0.1, -0.05) is 65.5 Å². The summed E-state index contributed by atoms with van der Waals surface area (Å²) in [7, 11) is 2.01. The molecule has 2 N–H and O–H groups in total. The molecular formula is C47H42Cl2N8O4. The van der Waals surface area contributed by atoms with Crippen LogP contribution in [0.5, 0.6) is 0 Å². The van der Waals surface area contributed by atoms with E-state index in [1.54, 1.807) is 94.4 Å². The zero-order valence-corrected chi connectivity index (χ0v) is 35.1. The molecule has 4 aliphatic rings. The van der Waals surface area contributed by atoms with E-state index < -0.39 is 12.1 Å². The molecule has 1 unspecified atom stereocenters. The first-order valence-electron chi connectivity index (χ1n) is 20.0. The lowest BCUT2D eigenvalue weighted by atomic mass is 9.94. The molecule has 2 atom stereocenters. The maximum absolute atomic E-state index is 14.2. The van der Waals surface area contributed by atoms with Crippen molar-refractivity contribution in [3.8, 4) is 17.9 Å². The van der Waals surface area contributed by atoms with Gasteiger partial charge < -0.3 is 25.3 Å². The van der Waals surface area contributed by atoms with E-state index in [-0.39, 0.29) is 37.0 Å². The van der Waals surface area contributed by atoms with Gasteiger partial charge in [-0.25, -0.2) is 9.59 Å². The minimum Gasteiger partial charge on any atom is -0.333 e. The Hall–Kier alpha value is -6.57. The van der Waals surface area contributed by atoms with E-state index in [1.165, 1.54) is 4.90 Å². The second kappa shape index (κ2) is 17.6. The molecule has 0 spiro atoms. The number of hydrogen-bond acceptors (Lipinski definition) is 6. The molecule has 14 heteroatoms. The van der Waals surface area contributed by atoms with E-state index in [1.807, 2.05) is 31.3 Å². The molecule has 308 valence electrons. The monoisotopic (exact) mass is 852 g/mol. The van der Waals surface area contributed by atoms with Crippen molar-refractivity contribution in [1.82, 2.24) is 25.3 Å². The van der Waals surface area contributed by atoms with Gasteiger partial charge in [-0.3, -0.25) is 19.4 Å². The van der Waals surface area contributed by atoms with Crippen LogP contribution in [0.2, 0.25) is 10.0 Å². The Bertz CT molecular complexity index is 2590. The fourth-order valence-corrected chi connectivity index (χ4v) is 8.83. The van der Waals surface area contributed by atoms with Crippen molar-refractivity contribution in [1.29, 1.82) is 5.26 Å². The number of halogens is 2. The van der Waals surface area contributed by atoms with Crippen molar-refractivity contribution in [3.63, 3.8) is 0 Å². The predicted molar refractivity (Wildman–Crippen MR) is 235 cm³/mol. The number of rotatable bonds is 12. The summed E-state index contributed by atoms with van der Waals surface area (Å²) >= 11 is 12.7. The molecule has 0 fully saturated rings. The predicted octanol–water partition coefficient (Wildman–Crippen LogP) is 7.38. The largest absolute Gasteiger partial charge is 0.333 e. The van der Waals surface area contributed by atoms with Gasteiger partial charge in [-0.05, 0) is 112 Å². The van der Waals surface area contributed by atoms with Gasteiger partial charge in [-0.2, -0.15) is 5.26 Å². The van der Waals surface area contributed by atoms with Gasteiger partial charge in [0.05, 0.1) is 70.7 Å². The summed E-state index contributed by atoms with van der Waals surface area (Å²) in [5.74, 6) is 5.65. The lowest BCUT2D eigenvalue weighted by Gasteiger charge is -2.33. The van der Waals surface area contributed by atoms with Crippen LogP contribution in [0, 0.1) is 23.2 Å². The standard InChI is InChI=1S/C47H42Cl2N8O4/c1-3-8-30-13-17-32(18-14-30)42-40-38(56(46(60)51-42)36-11-4-9-34(48)25-36)28-54(44(40)58)23-6-21-53(2)22-7-24-55-29-39-41(45(55)59)43(33-19-15-31(27-50)16-20-33)52-47(61)57(39)37-12-5-10-35(49)26-37/h4-5,9-20,25-26,42-43H,6-7,21-24,28-29H2,1-2H3,(H,51,60)(H,52,61)/t42?,43-/m1/s1. The molecule has 4 heterocycles. The van der Waals surface area contributed by atoms with Crippen molar-refractivity contribution >= 4 is 58.5 Å². The van der Waals surface area contributed by atoms with Gasteiger partial charge in [0.1, 0.15) is 0 Å². The molecule has 8 rings (SSSR count). The quantitative estimate of drug-likeness (QED) is 0.143. The van der Waals surface area contributed by atoms with Crippen LogP contribution in [0.3, 0.4) is 0 Å². The third-order valence-corrected chi connectivity index (χ3v) is 11.8. The average molecular weight is 854 g/mol. The minimum absolute atomic E-state index is 0.129. The summed E-state index contributed by atoms with van der Waals surface area (Å²) in [5.41, 5.74) is 6.21. The Balaban J connectivity index is 0.913. The second-order valence-corrected chi connectivity index (χ2v) is 16.2. The summed E-state index contributed by atoms with van der Waals surface area (Å²) < 4.78 is 0. The summed E-state index contributed by atoms with van der Waals surface area (Å²) in [5, 5.41) is 16.4. The SMILES string of the molecule is CC#Cc1ccc(C2NC(=O)N(c3cccc(Cl)c3)C3=C2C(=O)N(CCCN(C)CCCN2CC4=C(C2=O)[C@@H](c2ccc(C#N)cc2)NC(=O)N4c2cccc(Cl)c2)C3)cc1. The molecule has 0 bridgehead atoms. The Labute approximate surface area is 364 Å². The summed E-state index contributed by atoms with van der Waals surface area (Å²) in [6.07, 6.45) is 1.36. The first-order chi connectivity index (χ1) is 29.5. The molecule has 12 nitrogen and oxygen atoms in total. The molecule has 0 aliphatic carbocycles. The topological polar surface area (TPSA) is 132 Å². The molecule has 0 radical (unpaired) electrons. The van der Waals surface area contributed by atoms with Gasteiger partial charge in [0.15, 0.2) is 0 Å². The minimum atomic E-state index is -0.678. The number of nitriles is 1. The number of nitrogens with zero attached hydrogens (tertiary/aromatic N) is 6. The van der Waals surface area contributed by atoms with Crippen LogP contribution in [0.1, 0.15) is 54.1 Å². The average Bonchev–Trinajstić information content (AvgIpc) is 3.75. The number of benzene rings is 4. The van der Waals surface area contributed by atoms with Crippen LogP contribution >= 0.6 is 23.2 Å². The molecule has 0 aromatic heterocycles. The van der Waals surface area contributed by atoms with Gasteiger partial charge in [-0.15, -0.1) is 5.92 Å². The maximum atomic E-state index is 14.2. The first-order valence-corrected chi connectivity index (χ1v) is 20.8. The van der Waals surface area contributed by atoms with E-state index in [2.05, 4.69) is 33.4 Å². The van der Waals surface area contributed by atoms with Gasteiger partial charge in [0, 0.05) is 28.7 Å². The van der Waals surface area contributed by atoms with Crippen molar-refractivity contribution in [2.75, 3.05) is 56.1 Å². The number of carbonyl (C=O) groups is 4. The first kappa shape index (κ1) is 41.2. The van der Waals surface area contributed by atoms with Crippen molar-refractivity contribution < 1.29 is 19.2 Å². The summed E-state index contributed by atoms with van der Waals surface area (Å²) in [6, 6.07) is 28.6. The van der Waals surface area contributed by atoms with Crippen LogP contribution in [-0.2, 0) is 9.59 Å². The molecular weight excluding hydrogens is 811 g/mol. The lowest BCUT2D eigenvalue weighted by Crippen LogP contribution is -2.47. The van der Waals surface area contributed by atoms with Crippen LogP contribution in [0.25, 0.3) is 0 Å². The highest BCUT2D eigenvalue weighted by Crippen LogP contribution is 2.41. The van der Waals surface area contributed by atoms with E-state index in [9.17, 15) is 24.4 Å². The second-order valence-electron chi connectivity index (χ2n) is 15.3. The van der Waals surface area contributed by atoms with Crippen LogP contribution in [0.4, 0.5) is 21.0 Å². The summed E-state index contributed by atoms with van der Waals surface area (Å²) in [6.45, 7) is 4.61. The smallest absolute Gasteiger partial charge is 0.327 e. The Morgan fingerprint density at radius 3 is 1.52 bits per heavy atom. The molecule has 4 aliphatic heterocycles. The highest BCUT2D eigenvalue weighted by molar-refractivity contribution is 6.31. The molecule has 61 heavy (non-hydrogen) atoms. The van der Waals surface area contributed by atoms with E-state index >= 15 is 0 Å². The molecule has 6 amide bonds. The van der Waals surface area contributed by atoms with Crippen molar-refractivity contribution in [2.45, 2.75) is 31.8 Å². The highest BCUT2D eigenvalue weighted by atomic mass is 35.5. The van der Waals surface area contributed by atoms with Crippen LogP contribution in [-0.4, -0.2) is 84.9 Å². The van der Waals surface area contributed by atoms with E-state index in [0.717, 1.165) is 11.1 Å². The Morgan fingerprint density at radius 1 is 0.672 bits per heavy atom. The summed E-state index contributed by atoms with van der Waals surface area (Å²) in [4.78, 5) is 64.6. The number of hydrogen-bond donors (Lipinski definition) is 2. The fraction of sp³-hybridized carbons (Fsp3) is 0.255. The van der Waals surface area contributed by atoms with Crippen LogP contribution < -0.4 is 20.4 Å². The Morgan fingerprint density at radius 2 is 1.11 bits per heavy atom. The van der Waals surface area contributed by atoms with Gasteiger partial charge in [0.2, 0.25) is 0 Å². The molecule has 4 aromatic carbocycles. The third kappa shape index (κ3) is 8.31. The third-order valence-electron chi connectivity index (χ3n) is 11.4. The zero-order valence-electron chi connectivity index (χ0n) is 33.6. The molecule has 0 saturated heterocycles.